The molecule has 1 amide bonds. The van der Waals surface area contributed by atoms with Crippen LogP contribution >= 0.6 is 31.9 Å². The minimum absolute atomic E-state index is 0.0675. The number of ether oxygens (including phenoxy) is 1. The molecular formula is C12H11Br2NO2. The van der Waals surface area contributed by atoms with Crippen LogP contribution < -0.4 is 10.1 Å². The van der Waals surface area contributed by atoms with Gasteiger partial charge in [-0.05, 0) is 56.5 Å². The Labute approximate surface area is 117 Å². The predicted octanol–water partition coefficient (Wildman–Crippen LogP) is 2.65. The van der Waals surface area contributed by atoms with Gasteiger partial charge in [-0.1, -0.05) is 5.92 Å². The lowest BCUT2D eigenvalue weighted by Gasteiger charge is -2.10. The van der Waals surface area contributed by atoms with E-state index >= 15 is 0 Å². The maximum absolute atomic E-state index is 11.3. The number of rotatable bonds is 4. The van der Waals surface area contributed by atoms with Crippen molar-refractivity contribution < 1.29 is 9.53 Å². The van der Waals surface area contributed by atoms with Gasteiger partial charge in [-0.3, -0.25) is 4.79 Å². The summed E-state index contributed by atoms with van der Waals surface area (Å²) in [5, 5.41) is 2.52. The Balaban J connectivity index is 2.64. The van der Waals surface area contributed by atoms with Gasteiger partial charge in [0.15, 0.2) is 6.61 Å². The van der Waals surface area contributed by atoms with E-state index in [4.69, 9.17) is 11.2 Å². The number of carbonyl (C=O) groups is 1. The Kier molecular flexibility index (Phi) is 5.52. The van der Waals surface area contributed by atoms with Crippen molar-refractivity contribution >= 4 is 37.8 Å². The lowest BCUT2D eigenvalue weighted by molar-refractivity contribution is -0.122. The van der Waals surface area contributed by atoms with Crippen molar-refractivity contribution in [3.8, 4) is 18.1 Å². The lowest BCUT2D eigenvalue weighted by atomic mass is 10.2. The second-order valence-corrected chi connectivity index (χ2v) is 5.04. The van der Waals surface area contributed by atoms with Crippen LogP contribution in [0.5, 0.6) is 5.75 Å². The van der Waals surface area contributed by atoms with Crippen molar-refractivity contribution in [3.05, 3.63) is 26.6 Å². The highest BCUT2D eigenvalue weighted by Crippen LogP contribution is 2.34. The third-order valence-electron chi connectivity index (χ3n) is 1.88. The number of carbonyl (C=O) groups excluding carboxylic acids is 1. The Morgan fingerprint density at radius 1 is 1.47 bits per heavy atom. The molecule has 1 rings (SSSR count). The predicted molar refractivity (Wildman–Crippen MR) is 73.9 cm³/mol. The highest BCUT2D eigenvalue weighted by molar-refractivity contribution is 9.11. The van der Waals surface area contributed by atoms with Gasteiger partial charge in [-0.25, -0.2) is 0 Å². The molecule has 0 aliphatic rings. The molecule has 0 radical (unpaired) electrons. The normalized spacial score (nSPS) is 9.53. The minimum Gasteiger partial charge on any atom is -0.481 e. The second-order valence-electron chi connectivity index (χ2n) is 3.33. The molecule has 0 aromatic heterocycles. The second kappa shape index (κ2) is 6.67. The summed E-state index contributed by atoms with van der Waals surface area (Å²) < 4.78 is 7.01. The standard InChI is InChI=1S/C12H11Br2NO2/c1-3-4-15-11(16)7-17-12-9(13)5-8(2)6-10(12)14/h1,5-6H,4,7H2,2H3,(H,15,16). The molecule has 0 unspecified atom stereocenters. The molecule has 0 aliphatic heterocycles. The lowest BCUT2D eigenvalue weighted by Crippen LogP contribution is -2.29. The molecule has 17 heavy (non-hydrogen) atoms. The average molecular weight is 361 g/mol. The summed E-state index contributed by atoms with van der Waals surface area (Å²) in [5.74, 6) is 2.68. The van der Waals surface area contributed by atoms with Crippen LogP contribution in [0.3, 0.4) is 0 Å². The van der Waals surface area contributed by atoms with E-state index in [1.807, 2.05) is 19.1 Å². The van der Waals surface area contributed by atoms with E-state index in [0.717, 1.165) is 14.5 Å². The molecule has 0 saturated carbocycles. The first-order chi connectivity index (χ1) is 8.04. The fourth-order valence-electron chi connectivity index (χ4n) is 1.16. The van der Waals surface area contributed by atoms with Crippen molar-refractivity contribution in [3.63, 3.8) is 0 Å². The van der Waals surface area contributed by atoms with Crippen LogP contribution in [0.2, 0.25) is 0 Å². The van der Waals surface area contributed by atoms with Gasteiger partial charge < -0.3 is 10.1 Å². The molecule has 1 N–H and O–H groups in total. The first kappa shape index (κ1) is 14.1. The number of halogens is 2. The maximum atomic E-state index is 11.3. The van der Waals surface area contributed by atoms with Gasteiger partial charge in [0.1, 0.15) is 5.75 Å². The van der Waals surface area contributed by atoms with Gasteiger partial charge in [0.05, 0.1) is 15.5 Å². The molecule has 5 heteroatoms. The number of terminal acetylenes is 1. The van der Waals surface area contributed by atoms with Gasteiger partial charge >= 0.3 is 0 Å². The van der Waals surface area contributed by atoms with Crippen LogP contribution in [0, 0.1) is 19.3 Å². The fraction of sp³-hybridized carbons (Fsp3) is 0.250. The van der Waals surface area contributed by atoms with E-state index < -0.39 is 0 Å². The van der Waals surface area contributed by atoms with E-state index in [9.17, 15) is 4.79 Å². The molecule has 1 aromatic rings. The van der Waals surface area contributed by atoms with Crippen molar-refractivity contribution in [2.45, 2.75) is 6.92 Å². The summed E-state index contributed by atoms with van der Waals surface area (Å²) in [6.45, 7) is 2.11. The number of hydrogen-bond acceptors (Lipinski definition) is 2. The highest BCUT2D eigenvalue weighted by atomic mass is 79.9. The molecule has 0 fully saturated rings. The molecule has 0 atom stereocenters. The van der Waals surface area contributed by atoms with Gasteiger partial charge in [0, 0.05) is 0 Å². The number of hydrogen-bond donors (Lipinski definition) is 1. The monoisotopic (exact) mass is 359 g/mol. The molecular weight excluding hydrogens is 350 g/mol. The molecule has 1 aromatic carbocycles. The van der Waals surface area contributed by atoms with Crippen molar-refractivity contribution in [2.24, 2.45) is 0 Å². The molecule has 0 aliphatic carbocycles. The van der Waals surface area contributed by atoms with Crippen LogP contribution in [0.1, 0.15) is 5.56 Å². The van der Waals surface area contributed by atoms with Crippen LogP contribution in [-0.2, 0) is 4.79 Å². The average Bonchev–Trinajstić information content (AvgIpc) is 2.24. The SMILES string of the molecule is C#CCNC(=O)COc1c(Br)cc(C)cc1Br. The number of amides is 1. The molecule has 0 bridgehead atoms. The maximum Gasteiger partial charge on any atom is 0.258 e. The fourth-order valence-corrected chi connectivity index (χ4v) is 2.81. The third kappa shape index (κ3) is 4.41. The first-order valence-corrected chi connectivity index (χ1v) is 6.41. The number of benzene rings is 1. The van der Waals surface area contributed by atoms with E-state index in [-0.39, 0.29) is 19.1 Å². The zero-order chi connectivity index (χ0) is 12.8. The summed E-state index contributed by atoms with van der Waals surface area (Å²) in [7, 11) is 0. The number of nitrogens with one attached hydrogen (secondary N) is 1. The summed E-state index contributed by atoms with van der Waals surface area (Å²) in [6, 6.07) is 3.83. The molecule has 0 spiro atoms. The van der Waals surface area contributed by atoms with Crippen LogP contribution in [-0.4, -0.2) is 19.1 Å². The Morgan fingerprint density at radius 3 is 2.59 bits per heavy atom. The summed E-state index contributed by atoms with van der Waals surface area (Å²) in [5.41, 5.74) is 1.09. The van der Waals surface area contributed by atoms with Crippen molar-refractivity contribution in [2.75, 3.05) is 13.2 Å². The van der Waals surface area contributed by atoms with Crippen LogP contribution in [0.25, 0.3) is 0 Å². The van der Waals surface area contributed by atoms with Gasteiger partial charge in [-0.2, -0.15) is 0 Å². The molecule has 90 valence electrons. The van der Waals surface area contributed by atoms with Gasteiger partial charge in [-0.15, -0.1) is 6.42 Å². The largest absolute Gasteiger partial charge is 0.481 e. The van der Waals surface area contributed by atoms with E-state index in [1.165, 1.54) is 0 Å². The summed E-state index contributed by atoms with van der Waals surface area (Å²) in [6.07, 6.45) is 5.03. The zero-order valence-electron chi connectivity index (χ0n) is 9.22. The third-order valence-corrected chi connectivity index (χ3v) is 3.06. The molecule has 0 heterocycles. The van der Waals surface area contributed by atoms with Crippen LogP contribution in [0.4, 0.5) is 0 Å². The van der Waals surface area contributed by atoms with Crippen molar-refractivity contribution in [1.82, 2.24) is 5.32 Å². The smallest absolute Gasteiger partial charge is 0.258 e. The zero-order valence-corrected chi connectivity index (χ0v) is 12.4. The van der Waals surface area contributed by atoms with E-state index in [2.05, 4.69) is 43.1 Å². The topological polar surface area (TPSA) is 38.3 Å². The summed E-state index contributed by atoms with van der Waals surface area (Å²) >= 11 is 6.76. The Hall–Kier alpha value is -0.990. The summed E-state index contributed by atoms with van der Waals surface area (Å²) in [4.78, 5) is 11.3. The number of aryl methyl sites for hydroxylation is 1. The highest BCUT2D eigenvalue weighted by Gasteiger charge is 2.09. The quantitative estimate of drug-likeness (QED) is 0.838. The Bertz CT molecular complexity index is 443. The van der Waals surface area contributed by atoms with E-state index in [0.29, 0.717) is 5.75 Å². The van der Waals surface area contributed by atoms with Crippen molar-refractivity contribution in [1.29, 1.82) is 0 Å². The van der Waals surface area contributed by atoms with Crippen LogP contribution in [0.15, 0.2) is 21.1 Å². The van der Waals surface area contributed by atoms with E-state index in [1.54, 1.807) is 0 Å². The minimum atomic E-state index is -0.248. The van der Waals surface area contributed by atoms with Gasteiger partial charge in [0.2, 0.25) is 0 Å². The molecule has 3 nitrogen and oxygen atoms in total. The molecule has 0 saturated heterocycles. The Morgan fingerprint density at radius 2 is 2.06 bits per heavy atom. The first-order valence-electron chi connectivity index (χ1n) is 4.83. The van der Waals surface area contributed by atoms with Gasteiger partial charge in [0.25, 0.3) is 5.91 Å².